The van der Waals surface area contributed by atoms with Gasteiger partial charge >= 0.3 is 5.97 Å². The number of carbonyl (C=O) groups excluding carboxylic acids is 1. The van der Waals surface area contributed by atoms with Crippen LogP contribution < -0.4 is 0 Å². The van der Waals surface area contributed by atoms with Gasteiger partial charge < -0.3 is 9.47 Å². The predicted octanol–water partition coefficient (Wildman–Crippen LogP) is 3.76. The Morgan fingerprint density at radius 3 is 2.75 bits per heavy atom. The number of unbranched alkanes of at least 4 members (excludes halogenated alkanes) is 3. The van der Waals surface area contributed by atoms with Gasteiger partial charge in [0.25, 0.3) is 0 Å². The summed E-state index contributed by atoms with van der Waals surface area (Å²) in [5.41, 5.74) is 1.55. The van der Waals surface area contributed by atoms with E-state index in [4.69, 9.17) is 9.47 Å². The summed E-state index contributed by atoms with van der Waals surface area (Å²) >= 11 is 0. The molecule has 2 rings (SSSR count). The Balaban J connectivity index is 1.90. The summed E-state index contributed by atoms with van der Waals surface area (Å²) in [6.45, 7) is 5.18. The topological polar surface area (TPSA) is 38.8 Å². The van der Waals surface area contributed by atoms with Crippen LogP contribution in [0.4, 0.5) is 0 Å². The highest BCUT2D eigenvalue weighted by Gasteiger charge is 2.40. The van der Waals surface area contributed by atoms with E-state index in [1.54, 1.807) is 0 Å². The summed E-state index contributed by atoms with van der Waals surface area (Å²) in [6, 6.07) is 7.75. The van der Waals surface area contributed by atoms with Gasteiger partial charge in [-0.2, -0.15) is 0 Å². The second-order valence-electron chi connectivity index (χ2n) is 5.78. The first-order chi connectivity index (χ1) is 9.64. The standard InChI is InChI=1S/C17H24O3/c1-3-4-5-6-9-14-10-7-8-11-15(14)16(18)19-12-17(2)13-20-17/h7-8,10-11H,3-6,9,12-13H2,1-2H3. The van der Waals surface area contributed by atoms with Gasteiger partial charge in [-0.1, -0.05) is 44.4 Å². The van der Waals surface area contributed by atoms with Crippen LogP contribution in [0.15, 0.2) is 24.3 Å². The summed E-state index contributed by atoms with van der Waals surface area (Å²) < 4.78 is 10.6. The van der Waals surface area contributed by atoms with E-state index in [1.807, 2.05) is 31.2 Å². The summed E-state index contributed by atoms with van der Waals surface area (Å²) in [7, 11) is 0. The van der Waals surface area contributed by atoms with Crippen molar-refractivity contribution in [2.24, 2.45) is 0 Å². The Labute approximate surface area is 121 Å². The van der Waals surface area contributed by atoms with Crippen LogP contribution in [0.2, 0.25) is 0 Å². The fourth-order valence-electron chi connectivity index (χ4n) is 2.18. The van der Waals surface area contributed by atoms with E-state index >= 15 is 0 Å². The number of aryl methyl sites for hydroxylation is 1. The van der Waals surface area contributed by atoms with Gasteiger partial charge in [0.1, 0.15) is 12.2 Å². The molecular weight excluding hydrogens is 252 g/mol. The van der Waals surface area contributed by atoms with E-state index in [9.17, 15) is 4.79 Å². The Kier molecular flexibility index (Phi) is 5.18. The van der Waals surface area contributed by atoms with Crippen molar-refractivity contribution in [3.8, 4) is 0 Å². The molecule has 110 valence electrons. The fourth-order valence-corrected chi connectivity index (χ4v) is 2.18. The number of benzene rings is 1. The third kappa shape index (κ3) is 4.34. The molecule has 3 nitrogen and oxygen atoms in total. The second-order valence-corrected chi connectivity index (χ2v) is 5.78. The van der Waals surface area contributed by atoms with Crippen molar-refractivity contribution in [1.82, 2.24) is 0 Å². The van der Waals surface area contributed by atoms with Gasteiger partial charge in [0.15, 0.2) is 0 Å². The molecule has 0 bridgehead atoms. The van der Waals surface area contributed by atoms with Crippen molar-refractivity contribution in [2.45, 2.75) is 51.6 Å². The maximum absolute atomic E-state index is 12.2. The normalized spacial score (nSPS) is 20.7. The van der Waals surface area contributed by atoms with Crippen molar-refractivity contribution in [2.75, 3.05) is 13.2 Å². The van der Waals surface area contributed by atoms with Crippen LogP contribution in [0.1, 0.15) is 55.5 Å². The Hall–Kier alpha value is -1.35. The zero-order valence-electron chi connectivity index (χ0n) is 12.5. The monoisotopic (exact) mass is 276 g/mol. The molecule has 1 aromatic rings. The fraction of sp³-hybridized carbons (Fsp3) is 0.588. The second kappa shape index (κ2) is 6.89. The summed E-state index contributed by atoms with van der Waals surface area (Å²) in [6.07, 6.45) is 5.76. The van der Waals surface area contributed by atoms with Crippen molar-refractivity contribution in [3.05, 3.63) is 35.4 Å². The maximum Gasteiger partial charge on any atom is 0.338 e. The Morgan fingerprint density at radius 2 is 2.05 bits per heavy atom. The van der Waals surface area contributed by atoms with Crippen LogP contribution in [0, 0.1) is 0 Å². The highest BCUT2D eigenvalue weighted by atomic mass is 16.6. The molecule has 0 N–H and O–H groups in total. The van der Waals surface area contributed by atoms with Gasteiger partial charge in [0, 0.05) is 0 Å². The zero-order valence-corrected chi connectivity index (χ0v) is 12.5. The lowest BCUT2D eigenvalue weighted by atomic mass is 10.0. The molecule has 1 heterocycles. The summed E-state index contributed by atoms with van der Waals surface area (Å²) in [5, 5.41) is 0. The molecule has 0 amide bonds. The first kappa shape index (κ1) is 15.0. The molecule has 1 aliphatic rings. The molecular formula is C17H24O3. The van der Waals surface area contributed by atoms with Crippen LogP contribution in [0.5, 0.6) is 0 Å². The molecule has 1 unspecified atom stereocenters. The molecule has 0 aromatic heterocycles. The van der Waals surface area contributed by atoms with E-state index in [2.05, 4.69) is 6.92 Å². The number of hydrogen-bond donors (Lipinski definition) is 0. The maximum atomic E-state index is 12.2. The zero-order chi connectivity index (χ0) is 14.4. The molecule has 20 heavy (non-hydrogen) atoms. The minimum absolute atomic E-state index is 0.229. The Bertz CT molecular complexity index is 449. The third-order valence-electron chi connectivity index (χ3n) is 3.68. The molecule has 0 saturated carbocycles. The number of hydrogen-bond acceptors (Lipinski definition) is 3. The van der Waals surface area contributed by atoms with Crippen LogP contribution in [0.3, 0.4) is 0 Å². The SMILES string of the molecule is CCCCCCc1ccccc1C(=O)OCC1(C)CO1. The quantitative estimate of drug-likeness (QED) is 0.412. The van der Waals surface area contributed by atoms with Crippen molar-refractivity contribution in [1.29, 1.82) is 0 Å². The van der Waals surface area contributed by atoms with Crippen LogP contribution in [0.25, 0.3) is 0 Å². The minimum Gasteiger partial charge on any atom is -0.459 e. The summed E-state index contributed by atoms with van der Waals surface area (Å²) in [5.74, 6) is -0.229. The van der Waals surface area contributed by atoms with Gasteiger partial charge in [-0.3, -0.25) is 0 Å². The van der Waals surface area contributed by atoms with Crippen molar-refractivity contribution >= 4 is 5.97 Å². The van der Waals surface area contributed by atoms with Gasteiger partial charge in [-0.25, -0.2) is 4.79 Å². The van der Waals surface area contributed by atoms with Gasteiger partial charge in [0.05, 0.1) is 12.2 Å². The molecule has 1 aromatic carbocycles. The molecule has 1 saturated heterocycles. The predicted molar refractivity (Wildman–Crippen MR) is 78.9 cm³/mol. The first-order valence-corrected chi connectivity index (χ1v) is 7.53. The molecule has 1 aliphatic heterocycles. The van der Waals surface area contributed by atoms with Gasteiger partial charge in [-0.15, -0.1) is 0 Å². The number of epoxide rings is 1. The Morgan fingerprint density at radius 1 is 1.30 bits per heavy atom. The van der Waals surface area contributed by atoms with Gasteiger partial charge in [0.2, 0.25) is 0 Å². The lowest BCUT2D eigenvalue weighted by Crippen LogP contribution is -2.19. The van der Waals surface area contributed by atoms with Crippen LogP contribution >= 0.6 is 0 Å². The van der Waals surface area contributed by atoms with E-state index < -0.39 is 0 Å². The van der Waals surface area contributed by atoms with E-state index in [-0.39, 0.29) is 11.6 Å². The number of rotatable bonds is 8. The highest BCUT2D eigenvalue weighted by molar-refractivity contribution is 5.91. The highest BCUT2D eigenvalue weighted by Crippen LogP contribution is 2.26. The molecule has 0 aliphatic carbocycles. The van der Waals surface area contributed by atoms with Crippen molar-refractivity contribution in [3.63, 3.8) is 0 Å². The van der Waals surface area contributed by atoms with E-state index in [0.29, 0.717) is 18.8 Å². The number of esters is 1. The lowest BCUT2D eigenvalue weighted by Gasteiger charge is -2.11. The van der Waals surface area contributed by atoms with E-state index in [1.165, 1.54) is 19.3 Å². The number of ether oxygens (including phenoxy) is 2. The summed E-state index contributed by atoms with van der Waals surface area (Å²) in [4.78, 5) is 12.2. The molecule has 3 heteroatoms. The van der Waals surface area contributed by atoms with E-state index in [0.717, 1.165) is 18.4 Å². The van der Waals surface area contributed by atoms with Crippen LogP contribution in [-0.2, 0) is 15.9 Å². The molecule has 0 radical (unpaired) electrons. The molecule has 0 spiro atoms. The average Bonchev–Trinajstić information content (AvgIpc) is 3.20. The third-order valence-corrected chi connectivity index (χ3v) is 3.68. The smallest absolute Gasteiger partial charge is 0.338 e. The van der Waals surface area contributed by atoms with Crippen LogP contribution in [-0.4, -0.2) is 24.8 Å². The lowest BCUT2D eigenvalue weighted by molar-refractivity contribution is 0.0409. The molecule has 1 atom stereocenters. The van der Waals surface area contributed by atoms with Gasteiger partial charge in [-0.05, 0) is 31.4 Å². The average molecular weight is 276 g/mol. The minimum atomic E-state index is -0.244. The molecule has 1 fully saturated rings. The largest absolute Gasteiger partial charge is 0.459 e. The van der Waals surface area contributed by atoms with Crippen molar-refractivity contribution < 1.29 is 14.3 Å². The number of carbonyl (C=O) groups is 1. The first-order valence-electron chi connectivity index (χ1n) is 7.53.